The third-order valence-electron chi connectivity index (χ3n) is 16.5. The van der Waals surface area contributed by atoms with Crippen LogP contribution in [0.2, 0.25) is 0 Å². The van der Waals surface area contributed by atoms with Crippen molar-refractivity contribution in [2.24, 2.45) is 0 Å². The SMILES string of the molecule is CCCCCCCC/C=C/CCCCCCCCCCCCCCCCCCCC(=O)OC(/C=C\CCCCCCCCCCCCC)C(COP(=O)([O-])OCC[N+](C)(C)C)NC(=O)CCCCCCCCC/C=C/CCCCCCCC. The van der Waals surface area contributed by atoms with E-state index in [1.54, 1.807) is 0 Å². The summed E-state index contributed by atoms with van der Waals surface area (Å²) in [5.74, 6) is -0.526. The summed E-state index contributed by atoms with van der Waals surface area (Å²) < 4.78 is 30.5. The maximum Gasteiger partial charge on any atom is 0.306 e. The van der Waals surface area contributed by atoms with Crippen LogP contribution in [0.25, 0.3) is 0 Å². The van der Waals surface area contributed by atoms with Crippen molar-refractivity contribution in [1.29, 1.82) is 0 Å². The molecule has 0 saturated heterocycles. The lowest BCUT2D eigenvalue weighted by Crippen LogP contribution is -2.47. The van der Waals surface area contributed by atoms with E-state index < -0.39 is 20.0 Å². The zero-order valence-corrected chi connectivity index (χ0v) is 57.1. The predicted molar refractivity (Wildman–Crippen MR) is 358 cm³/mol. The second-order valence-electron chi connectivity index (χ2n) is 26.1. The average molecular weight is 1190 g/mol. The van der Waals surface area contributed by atoms with Crippen LogP contribution < -0.4 is 10.2 Å². The molecule has 3 atom stereocenters. The first-order valence-corrected chi connectivity index (χ1v) is 37.8. The van der Waals surface area contributed by atoms with Gasteiger partial charge in [-0.05, 0) is 83.1 Å². The molecule has 0 aliphatic carbocycles. The first kappa shape index (κ1) is 81.2. The number of unbranched alkanes of at least 4 members (excludes halogenated alkanes) is 47. The van der Waals surface area contributed by atoms with E-state index in [2.05, 4.69) is 50.4 Å². The van der Waals surface area contributed by atoms with Crippen LogP contribution in [0.4, 0.5) is 0 Å². The van der Waals surface area contributed by atoms with E-state index in [-0.39, 0.29) is 31.5 Å². The van der Waals surface area contributed by atoms with Crippen LogP contribution >= 0.6 is 7.82 Å². The fourth-order valence-corrected chi connectivity index (χ4v) is 11.7. The van der Waals surface area contributed by atoms with Crippen LogP contribution in [0.5, 0.6) is 0 Å². The van der Waals surface area contributed by atoms with Crippen LogP contribution in [-0.2, 0) is 27.9 Å². The van der Waals surface area contributed by atoms with Crippen molar-refractivity contribution in [3.8, 4) is 0 Å². The Morgan fingerprint density at radius 1 is 0.410 bits per heavy atom. The Labute approximate surface area is 516 Å². The number of phosphoric ester groups is 1. The lowest BCUT2D eigenvalue weighted by Gasteiger charge is -2.30. The number of ether oxygens (including phenoxy) is 1. The molecule has 0 aromatic carbocycles. The van der Waals surface area contributed by atoms with Gasteiger partial charge in [0.1, 0.15) is 19.3 Å². The summed E-state index contributed by atoms with van der Waals surface area (Å²) >= 11 is 0. The topological polar surface area (TPSA) is 114 Å². The van der Waals surface area contributed by atoms with Crippen LogP contribution in [0.1, 0.15) is 367 Å². The Kier molecular flexibility index (Phi) is 61.9. The maximum atomic E-state index is 13.6. The van der Waals surface area contributed by atoms with E-state index >= 15 is 0 Å². The Hall–Kier alpha value is -1.77. The lowest BCUT2D eigenvalue weighted by atomic mass is 10.0. The molecule has 0 saturated carbocycles. The number of carbonyl (C=O) groups excluding carboxylic acids is 2. The minimum atomic E-state index is -4.70. The molecule has 9 nitrogen and oxygen atoms in total. The van der Waals surface area contributed by atoms with Crippen LogP contribution in [0.3, 0.4) is 0 Å². The molecule has 0 spiro atoms. The predicted octanol–water partition coefficient (Wildman–Crippen LogP) is 22.4. The zero-order valence-electron chi connectivity index (χ0n) is 56.2. The molecule has 0 bridgehead atoms. The van der Waals surface area contributed by atoms with Gasteiger partial charge in [0.25, 0.3) is 7.82 Å². The first-order chi connectivity index (χ1) is 40.4. The first-order valence-electron chi connectivity index (χ1n) is 36.3. The van der Waals surface area contributed by atoms with Crippen molar-refractivity contribution in [1.82, 2.24) is 5.32 Å². The van der Waals surface area contributed by atoms with Crippen molar-refractivity contribution >= 4 is 19.7 Å². The highest BCUT2D eigenvalue weighted by Crippen LogP contribution is 2.38. The Bertz CT molecular complexity index is 1510. The number of rotatable bonds is 67. The summed E-state index contributed by atoms with van der Waals surface area (Å²) in [6.07, 6.45) is 78.4. The van der Waals surface area contributed by atoms with E-state index in [4.69, 9.17) is 13.8 Å². The van der Waals surface area contributed by atoms with Crippen molar-refractivity contribution in [2.75, 3.05) is 40.9 Å². The molecular weight excluding hydrogens is 1050 g/mol. The Morgan fingerprint density at radius 2 is 0.699 bits per heavy atom. The smallest absolute Gasteiger partial charge is 0.306 e. The largest absolute Gasteiger partial charge is 0.756 e. The molecule has 0 aromatic rings. The normalized spacial score (nSPS) is 13.7. The summed E-state index contributed by atoms with van der Waals surface area (Å²) in [4.78, 5) is 40.2. The highest BCUT2D eigenvalue weighted by Gasteiger charge is 2.27. The summed E-state index contributed by atoms with van der Waals surface area (Å²) in [6, 6.07) is -0.888. The molecule has 0 aromatic heterocycles. The second-order valence-corrected chi connectivity index (χ2v) is 27.5. The van der Waals surface area contributed by atoms with Crippen LogP contribution in [-0.4, -0.2) is 69.4 Å². The Morgan fingerprint density at radius 3 is 1.02 bits per heavy atom. The molecule has 10 heteroatoms. The van der Waals surface area contributed by atoms with Crippen molar-refractivity contribution < 1.29 is 37.3 Å². The van der Waals surface area contributed by atoms with Gasteiger partial charge in [0.05, 0.1) is 33.8 Å². The number of esters is 1. The molecule has 0 radical (unpaired) electrons. The fraction of sp³-hybridized carbons (Fsp3) is 0.890. The number of amides is 1. The van der Waals surface area contributed by atoms with E-state index in [9.17, 15) is 19.0 Å². The molecule has 1 N–H and O–H groups in total. The monoisotopic (exact) mass is 1190 g/mol. The van der Waals surface area contributed by atoms with Gasteiger partial charge in [-0.1, -0.05) is 308 Å². The van der Waals surface area contributed by atoms with Gasteiger partial charge in [-0.2, -0.15) is 0 Å². The standard InChI is InChI=1S/C73H141N2O7P/c1-7-10-13-16-19-22-25-28-30-32-33-34-35-36-37-38-39-40-41-43-45-48-51-54-57-60-63-66-73(77)82-71(64-61-58-55-52-49-46-27-24-21-18-15-12-9-3)70(69-81-83(78,79)80-68-67-75(4,5)6)74-72(76)65-62-59-56-53-50-47-44-42-31-29-26-23-20-17-14-11-8-2/h28-31,61,64,70-71H,7-27,32-60,62-63,65-69H2,1-6H3,(H-,74,76,78,79)/b30-28+,31-29+,64-61-. The van der Waals surface area contributed by atoms with Gasteiger partial charge in [0.15, 0.2) is 0 Å². The minimum Gasteiger partial charge on any atom is -0.756 e. The molecular formula is C73H141N2O7P. The highest BCUT2D eigenvalue weighted by molar-refractivity contribution is 7.45. The average Bonchev–Trinajstić information content (AvgIpc) is 3.47. The minimum absolute atomic E-state index is 0.0204. The zero-order chi connectivity index (χ0) is 60.7. The Balaban J connectivity index is 5.00. The molecule has 0 rings (SSSR count). The summed E-state index contributed by atoms with van der Waals surface area (Å²) in [7, 11) is 1.20. The number of hydrogen-bond donors (Lipinski definition) is 1. The van der Waals surface area contributed by atoms with Crippen LogP contribution in [0.15, 0.2) is 36.5 Å². The van der Waals surface area contributed by atoms with Gasteiger partial charge in [-0.15, -0.1) is 0 Å². The number of likely N-dealkylation sites (N-methyl/N-ethyl adjacent to an activating group) is 1. The molecule has 0 heterocycles. The van der Waals surface area contributed by atoms with Crippen molar-refractivity contribution in [3.63, 3.8) is 0 Å². The van der Waals surface area contributed by atoms with Gasteiger partial charge >= 0.3 is 5.97 Å². The number of carbonyl (C=O) groups is 2. The fourth-order valence-electron chi connectivity index (χ4n) is 10.9. The molecule has 1 amide bonds. The van der Waals surface area contributed by atoms with Crippen molar-refractivity contribution in [2.45, 2.75) is 380 Å². The second kappa shape index (κ2) is 63.3. The maximum absolute atomic E-state index is 13.6. The molecule has 3 unspecified atom stereocenters. The summed E-state index contributed by atoms with van der Waals surface area (Å²) in [6.45, 7) is 6.89. The van der Waals surface area contributed by atoms with E-state index in [0.29, 0.717) is 17.4 Å². The van der Waals surface area contributed by atoms with Crippen molar-refractivity contribution in [3.05, 3.63) is 36.5 Å². The lowest BCUT2D eigenvalue weighted by molar-refractivity contribution is -0.870. The quantitative estimate of drug-likeness (QED) is 0.0212. The highest BCUT2D eigenvalue weighted by atomic mass is 31.2. The van der Waals surface area contributed by atoms with Crippen LogP contribution in [0, 0.1) is 0 Å². The summed E-state index contributed by atoms with van der Waals surface area (Å²) in [5, 5.41) is 3.05. The number of nitrogens with zero attached hydrogens (tertiary/aromatic N) is 1. The summed E-state index contributed by atoms with van der Waals surface area (Å²) in [5.41, 5.74) is 0. The van der Waals surface area contributed by atoms with E-state index in [1.807, 2.05) is 33.3 Å². The molecule has 0 fully saturated rings. The number of quaternary nitrogens is 1. The number of allylic oxidation sites excluding steroid dienone is 5. The van der Waals surface area contributed by atoms with Gasteiger partial charge < -0.3 is 28.5 Å². The molecule has 490 valence electrons. The number of phosphoric acid groups is 1. The van der Waals surface area contributed by atoms with Gasteiger partial charge in [0, 0.05) is 12.8 Å². The van der Waals surface area contributed by atoms with E-state index in [0.717, 1.165) is 70.6 Å². The number of hydrogen-bond acceptors (Lipinski definition) is 7. The van der Waals surface area contributed by atoms with Gasteiger partial charge in [-0.25, -0.2) is 0 Å². The third kappa shape index (κ3) is 64.5. The molecule has 83 heavy (non-hydrogen) atoms. The van der Waals surface area contributed by atoms with Gasteiger partial charge in [-0.3, -0.25) is 14.2 Å². The number of nitrogens with one attached hydrogen (secondary N) is 1. The third-order valence-corrected chi connectivity index (χ3v) is 17.5. The molecule has 0 aliphatic heterocycles. The molecule has 0 aliphatic rings. The van der Waals surface area contributed by atoms with E-state index in [1.165, 1.54) is 263 Å². The van der Waals surface area contributed by atoms with Gasteiger partial charge in [0.2, 0.25) is 5.91 Å².